The van der Waals surface area contributed by atoms with Gasteiger partial charge in [-0.15, -0.1) is 0 Å². The van der Waals surface area contributed by atoms with Crippen LogP contribution in [0.1, 0.15) is 5.56 Å². The molecule has 0 aliphatic heterocycles. The van der Waals surface area contributed by atoms with Crippen molar-refractivity contribution in [1.29, 1.82) is 5.26 Å². The maximum atomic E-state index is 10.2. The highest BCUT2D eigenvalue weighted by atomic mass is 15.0. The van der Waals surface area contributed by atoms with Crippen molar-refractivity contribution in [3.63, 3.8) is 0 Å². The van der Waals surface area contributed by atoms with Crippen molar-refractivity contribution in [2.45, 2.75) is 0 Å². The summed E-state index contributed by atoms with van der Waals surface area (Å²) < 4.78 is 4.53. The minimum absolute atomic E-state index is 0.607. The molecule has 0 radical (unpaired) electrons. The third-order valence-corrected chi connectivity index (χ3v) is 9.32. The molecule has 0 amide bonds. The second-order valence-electron chi connectivity index (χ2n) is 12.0. The zero-order valence-corrected chi connectivity index (χ0v) is 25.8. The van der Waals surface area contributed by atoms with Gasteiger partial charge in [-0.05, 0) is 71.3 Å². The van der Waals surface area contributed by atoms with Crippen molar-refractivity contribution in [3.05, 3.63) is 175 Å². The molecule has 0 atom stereocenters. The van der Waals surface area contributed by atoms with Gasteiger partial charge in [0.15, 0.2) is 5.69 Å². The van der Waals surface area contributed by atoms with Gasteiger partial charge in [0.2, 0.25) is 0 Å². The van der Waals surface area contributed by atoms with Crippen LogP contribution in [-0.2, 0) is 0 Å². The van der Waals surface area contributed by atoms with Gasteiger partial charge in [0.1, 0.15) is 0 Å². The SMILES string of the molecule is [C-]#[N+]c1ccc2c3ccccc3n(-c3ccccc3-c3cccc(-c4cc(C#N)cc(-n5c6ccccc6c6ccccc65)c4)c3)c2c1. The molecule has 222 valence electrons. The maximum absolute atomic E-state index is 10.2. The van der Waals surface area contributed by atoms with Crippen molar-refractivity contribution in [2.24, 2.45) is 0 Å². The number of rotatable bonds is 4. The Morgan fingerprint density at radius 2 is 1.08 bits per heavy atom. The van der Waals surface area contributed by atoms with E-state index in [4.69, 9.17) is 6.57 Å². The zero-order chi connectivity index (χ0) is 32.2. The third kappa shape index (κ3) is 4.22. The molecule has 0 saturated carbocycles. The molecule has 0 aliphatic rings. The van der Waals surface area contributed by atoms with E-state index in [1.807, 2.05) is 24.3 Å². The lowest BCUT2D eigenvalue weighted by molar-refractivity contribution is 1.18. The monoisotopic (exact) mass is 610 g/mol. The van der Waals surface area contributed by atoms with E-state index in [0.29, 0.717) is 11.3 Å². The molecule has 4 nitrogen and oxygen atoms in total. The molecule has 0 saturated heterocycles. The summed E-state index contributed by atoms with van der Waals surface area (Å²) in [5.74, 6) is 0. The lowest BCUT2D eigenvalue weighted by atomic mass is 9.96. The van der Waals surface area contributed by atoms with E-state index in [9.17, 15) is 5.26 Å². The molecule has 7 aromatic carbocycles. The summed E-state index contributed by atoms with van der Waals surface area (Å²) in [5.41, 5.74) is 11.7. The Bertz CT molecular complexity index is 2760. The Morgan fingerprint density at radius 1 is 0.479 bits per heavy atom. The lowest BCUT2D eigenvalue weighted by Crippen LogP contribution is -1.97. The molecule has 0 bridgehead atoms. The molecular weight excluding hydrogens is 585 g/mol. The van der Waals surface area contributed by atoms with Gasteiger partial charge in [-0.1, -0.05) is 103 Å². The smallest absolute Gasteiger partial charge is 0.189 e. The summed E-state index contributed by atoms with van der Waals surface area (Å²) in [4.78, 5) is 3.74. The second-order valence-corrected chi connectivity index (χ2v) is 12.0. The highest BCUT2D eigenvalue weighted by Gasteiger charge is 2.17. The van der Waals surface area contributed by atoms with Gasteiger partial charge in [-0.2, -0.15) is 5.26 Å². The first kappa shape index (κ1) is 27.4. The van der Waals surface area contributed by atoms with Gasteiger partial charge in [0.25, 0.3) is 0 Å². The second kappa shape index (κ2) is 10.9. The number of fused-ring (bicyclic) bond motifs is 6. The van der Waals surface area contributed by atoms with Crippen LogP contribution in [0.4, 0.5) is 5.69 Å². The Labute approximate surface area is 277 Å². The maximum Gasteiger partial charge on any atom is 0.189 e. The molecule has 0 N–H and O–H groups in total. The molecule has 9 rings (SSSR count). The van der Waals surface area contributed by atoms with Crippen molar-refractivity contribution < 1.29 is 0 Å². The van der Waals surface area contributed by atoms with Crippen LogP contribution < -0.4 is 0 Å². The van der Waals surface area contributed by atoms with Crippen molar-refractivity contribution in [3.8, 4) is 39.7 Å². The Morgan fingerprint density at radius 3 is 1.77 bits per heavy atom. The summed E-state index contributed by atoms with van der Waals surface area (Å²) in [7, 11) is 0. The Balaban J connectivity index is 1.23. The number of nitrogens with zero attached hydrogens (tertiary/aromatic N) is 4. The van der Waals surface area contributed by atoms with Crippen LogP contribution in [0.25, 0.3) is 82.1 Å². The van der Waals surface area contributed by atoms with Gasteiger partial charge in [-0.25, -0.2) is 4.85 Å². The third-order valence-electron chi connectivity index (χ3n) is 9.32. The molecule has 9 aromatic rings. The van der Waals surface area contributed by atoms with Crippen molar-refractivity contribution in [1.82, 2.24) is 9.13 Å². The summed E-state index contributed by atoms with van der Waals surface area (Å²) >= 11 is 0. The fourth-order valence-electron chi connectivity index (χ4n) is 7.24. The van der Waals surface area contributed by atoms with E-state index in [-0.39, 0.29) is 0 Å². The summed E-state index contributed by atoms with van der Waals surface area (Å²) in [6.45, 7) is 7.67. The average Bonchev–Trinajstić information content (AvgIpc) is 3.67. The van der Waals surface area contributed by atoms with Crippen LogP contribution in [-0.4, -0.2) is 9.13 Å². The van der Waals surface area contributed by atoms with E-state index in [0.717, 1.165) is 66.5 Å². The van der Waals surface area contributed by atoms with Gasteiger partial charge < -0.3 is 9.13 Å². The fourth-order valence-corrected chi connectivity index (χ4v) is 7.24. The van der Waals surface area contributed by atoms with Gasteiger partial charge in [-0.3, -0.25) is 0 Å². The fraction of sp³-hybridized carbons (Fsp3) is 0. The largest absolute Gasteiger partial charge is 0.310 e. The average molecular weight is 611 g/mol. The predicted molar refractivity (Wildman–Crippen MR) is 197 cm³/mol. The van der Waals surface area contributed by atoms with E-state index in [2.05, 4.69) is 154 Å². The predicted octanol–water partition coefficient (Wildman–Crippen LogP) is 11.6. The number of nitriles is 1. The first-order valence-corrected chi connectivity index (χ1v) is 15.9. The first-order chi connectivity index (χ1) is 23.7. The van der Waals surface area contributed by atoms with Crippen LogP contribution in [0.2, 0.25) is 0 Å². The number of hydrogen-bond acceptors (Lipinski definition) is 1. The number of aromatic nitrogens is 2. The molecule has 48 heavy (non-hydrogen) atoms. The Hall–Kier alpha value is -6.88. The van der Waals surface area contributed by atoms with E-state index >= 15 is 0 Å². The van der Waals surface area contributed by atoms with Crippen molar-refractivity contribution in [2.75, 3.05) is 0 Å². The van der Waals surface area contributed by atoms with E-state index < -0.39 is 0 Å². The molecule has 0 unspecified atom stereocenters. The molecule has 4 heteroatoms. The highest BCUT2D eigenvalue weighted by molar-refractivity contribution is 6.11. The topological polar surface area (TPSA) is 38.0 Å². The molecule has 2 heterocycles. The molecule has 0 aliphatic carbocycles. The summed E-state index contributed by atoms with van der Waals surface area (Å²) in [5, 5.41) is 14.8. The number of hydrogen-bond donors (Lipinski definition) is 0. The quantitative estimate of drug-likeness (QED) is 0.183. The van der Waals surface area contributed by atoms with Crippen LogP contribution in [0.3, 0.4) is 0 Å². The van der Waals surface area contributed by atoms with Gasteiger partial charge in [0, 0.05) is 38.3 Å². The van der Waals surface area contributed by atoms with Gasteiger partial charge in [0.05, 0.1) is 40.4 Å². The minimum Gasteiger partial charge on any atom is -0.310 e. The molecule has 0 fully saturated rings. The number of para-hydroxylation sites is 4. The van der Waals surface area contributed by atoms with E-state index in [1.54, 1.807) is 0 Å². The van der Waals surface area contributed by atoms with Gasteiger partial charge >= 0.3 is 0 Å². The first-order valence-electron chi connectivity index (χ1n) is 15.9. The molecular formula is C44H26N4. The highest BCUT2D eigenvalue weighted by Crippen LogP contribution is 2.39. The van der Waals surface area contributed by atoms with E-state index in [1.165, 1.54) is 10.8 Å². The van der Waals surface area contributed by atoms with Crippen LogP contribution in [0.5, 0.6) is 0 Å². The normalized spacial score (nSPS) is 11.3. The zero-order valence-electron chi connectivity index (χ0n) is 25.8. The number of benzene rings is 7. The lowest BCUT2D eigenvalue weighted by Gasteiger charge is -2.15. The van der Waals surface area contributed by atoms with Crippen LogP contribution >= 0.6 is 0 Å². The van der Waals surface area contributed by atoms with Crippen LogP contribution in [0.15, 0.2) is 158 Å². The summed E-state index contributed by atoms with van der Waals surface area (Å²) in [6.07, 6.45) is 0. The molecule has 0 spiro atoms. The minimum atomic E-state index is 0.607. The van der Waals surface area contributed by atoms with Crippen molar-refractivity contribution >= 4 is 49.3 Å². The molecule has 2 aromatic heterocycles. The summed E-state index contributed by atoms with van der Waals surface area (Å²) in [6, 6.07) is 56.7. The Kier molecular flexibility index (Phi) is 6.22. The van der Waals surface area contributed by atoms with Crippen LogP contribution in [0, 0.1) is 17.9 Å². The standard InChI is InChI=1S/C44H26N4/c1-46-33-21-22-39-38-16-5-9-20-43(38)48(44(39)27-33)40-17-6-2-13-35(40)31-12-10-11-30(25-31)32-23-29(28-45)24-34(26-32)47-41-18-7-3-14-36(41)37-15-4-8-19-42(37)47/h2-27H.